The number of methoxy groups -OCH3 is 1. The summed E-state index contributed by atoms with van der Waals surface area (Å²) in [7, 11) is 1.70. The van der Waals surface area contributed by atoms with Gasteiger partial charge in [-0.2, -0.15) is 0 Å². The number of rotatable bonds is 8. The van der Waals surface area contributed by atoms with Crippen LogP contribution in [0.1, 0.15) is 34.4 Å². The van der Waals surface area contributed by atoms with Crippen molar-refractivity contribution in [2.45, 2.75) is 51.2 Å². The number of benzene rings is 2. The molecule has 0 aliphatic heterocycles. The number of hydrogen-bond acceptors (Lipinski definition) is 5. The summed E-state index contributed by atoms with van der Waals surface area (Å²) in [5.74, 6) is 0.885. The van der Waals surface area contributed by atoms with Crippen LogP contribution >= 0.6 is 11.3 Å². The number of nitrogens with zero attached hydrogens (tertiary/aromatic N) is 2. The van der Waals surface area contributed by atoms with Crippen molar-refractivity contribution in [1.29, 1.82) is 0 Å². The molecule has 2 aromatic carbocycles. The Labute approximate surface area is 198 Å². The molecule has 1 atom stereocenters. The van der Waals surface area contributed by atoms with Crippen molar-refractivity contribution >= 4 is 21.6 Å². The van der Waals surface area contributed by atoms with E-state index in [-0.39, 0.29) is 5.56 Å². The molecule has 5 rings (SSSR count). The molecule has 33 heavy (non-hydrogen) atoms. The summed E-state index contributed by atoms with van der Waals surface area (Å²) < 4.78 is 7.13. The minimum absolute atomic E-state index is 0.119. The van der Waals surface area contributed by atoms with Gasteiger partial charge in [0, 0.05) is 24.0 Å². The molecule has 0 fully saturated rings. The van der Waals surface area contributed by atoms with Crippen molar-refractivity contribution < 1.29 is 4.74 Å². The van der Waals surface area contributed by atoms with E-state index < -0.39 is 0 Å². The fourth-order valence-corrected chi connectivity index (χ4v) is 5.94. The number of aromatic nitrogens is 2. The first-order valence-corrected chi connectivity index (χ1v) is 12.4. The Hall–Kier alpha value is -2.96. The molecular formula is C27H29N3O2S. The highest BCUT2D eigenvalue weighted by Crippen LogP contribution is 2.33. The van der Waals surface area contributed by atoms with Crippen molar-refractivity contribution in [3.8, 4) is 5.75 Å². The van der Waals surface area contributed by atoms with E-state index in [2.05, 4.69) is 46.7 Å². The van der Waals surface area contributed by atoms with Gasteiger partial charge in [-0.1, -0.05) is 42.5 Å². The SMILES string of the molecule is COc1cccc(CN[C@H]2CCc3c(sc4ncn(CCCc5ccccc5)c(=O)c34)C2)c1. The maximum absolute atomic E-state index is 13.3. The predicted molar refractivity (Wildman–Crippen MR) is 134 cm³/mol. The van der Waals surface area contributed by atoms with E-state index in [0.717, 1.165) is 54.6 Å². The van der Waals surface area contributed by atoms with Crippen LogP contribution in [0.3, 0.4) is 0 Å². The fourth-order valence-electron chi connectivity index (χ4n) is 4.68. The highest BCUT2D eigenvalue weighted by molar-refractivity contribution is 7.18. The predicted octanol–water partition coefficient (Wildman–Crippen LogP) is 4.75. The number of hydrogen-bond donors (Lipinski definition) is 1. The third-order valence-electron chi connectivity index (χ3n) is 6.47. The molecule has 0 bridgehead atoms. The monoisotopic (exact) mass is 459 g/mol. The molecule has 5 nitrogen and oxygen atoms in total. The van der Waals surface area contributed by atoms with E-state index >= 15 is 0 Å². The summed E-state index contributed by atoms with van der Waals surface area (Å²) in [4.78, 5) is 20.1. The third-order valence-corrected chi connectivity index (χ3v) is 7.63. The van der Waals surface area contributed by atoms with Gasteiger partial charge in [0.05, 0.1) is 18.8 Å². The lowest BCUT2D eigenvalue weighted by Crippen LogP contribution is -2.33. The van der Waals surface area contributed by atoms with Gasteiger partial charge in [0.2, 0.25) is 0 Å². The van der Waals surface area contributed by atoms with Gasteiger partial charge in [-0.05, 0) is 60.9 Å². The van der Waals surface area contributed by atoms with Crippen LogP contribution in [0.4, 0.5) is 0 Å². The lowest BCUT2D eigenvalue weighted by Gasteiger charge is -2.23. The van der Waals surface area contributed by atoms with Crippen LogP contribution in [0.25, 0.3) is 10.2 Å². The van der Waals surface area contributed by atoms with E-state index in [1.54, 1.807) is 29.3 Å². The van der Waals surface area contributed by atoms with Crippen LogP contribution in [-0.4, -0.2) is 22.7 Å². The van der Waals surface area contributed by atoms with Crippen molar-refractivity contribution in [3.05, 3.63) is 92.8 Å². The molecule has 0 spiro atoms. The van der Waals surface area contributed by atoms with E-state index in [0.29, 0.717) is 12.6 Å². The lowest BCUT2D eigenvalue weighted by molar-refractivity contribution is 0.413. The molecule has 0 amide bonds. The first-order valence-electron chi connectivity index (χ1n) is 11.6. The zero-order valence-corrected chi connectivity index (χ0v) is 19.7. The number of aryl methyl sites for hydroxylation is 3. The number of thiophene rings is 1. The summed E-state index contributed by atoms with van der Waals surface area (Å²) in [6.45, 7) is 1.51. The molecular weight excluding hydrogens is 430 g/mol. The molecule has 0 unspecified atom stereocenters. The smallest absolute Gasteiger partial charge is 0.262 e. The van der Waals surface area contributed by atoms with Crippen molar-refractivity contribution in [2.75, 3.05) is 7.11 Å². The zero-order chi connectivity index (χ0) is 22.6. The maximum Gasteiger partial charge on any atom is 0.262 e. The molecule has 1 aliphatic rings. The molecule has 2 aromatic heterocycles. The Balaban J connectivity index is 1.26. The van der Waals surface area contributed by atoms with Crippen LogP contribution in [0, 0.1) is 0 Å². The maximum atomic E-state index is 13.3. The summed E-state index contributed by atoms with van der Waals surface area (Å²) in [6, 6.07) is 19.0. The van der Waals surface area contributed by atoms with Crippen LogP contribution in [0.5, 0.6) is 5.75 Å². The van der Waals surface area contributed by atoms with Gasteiger partial charge < -0.3 is 10.1 Å². The van der Waals surface area contributed by atoms with Crippen molar-refractivity contribution in [3.63, 3.8) is 0 Å². The Morgan fingerprint density at radius 2 is 2.00 bits per heavy atom. The lowest BCUT2D eigenvalue weighted by atomic mass is 9.93. The summed E-state index contributed by atoms with van der Waals surface area (Å²) in [6.07, 6.45) is 6.54. The summed E-state index contributed by atoms with van der Waals surface area (Å²) in [5.41, 5.74) is 3.87. The molecule has 0 saturated heterocycles. The minimum Gasteiger partial charge on any atom is -0.497 e. The van der Waals surface area contributed by atoms with Gasteiger partial charge in [0.1, 0.15) is 10.6 Å². The Kier molecular flexibility index (Phi) is 6.55. The van der Waals surface area contributed by atoms with E-state index in [9.17, 15) is 4.79 Å². The number of fused-ring (bicyclic) bond motifs is 3. The van der Waals surface area contributed by atoms with E-state index in [1.165, 1.54) is 21.6 Å². The summed E-state index contributed by atoms with van der Waals surface area (Å²) >= 11 is 1.69. The van der Waals surface area contributed by atoms with Crippen LogP contribution in [-0.2, 0) is 32.4 Å². The molecule has 1 aliphatic carbocycles. The number of ether oxygens (including phenoxy) is 1. The molecule has 1 N–H and O–H groups in total. The Morgan fingerprint density at radius 1 is 1.15 bits per heavy atom. The molecule has 0 saturated carbocycles. The topological polar surface area (TPSA) is 56.1 Å². The second-order valence-electron chi connectivity index (χ2n) is 8.69. The first kappa shape index (κ1) is 21.9. The minimum atomic E-state index is 0.119. The van der Waals surface area contributed by atoms with Crippen LogP contribution in [0.15, 0.2) is 65.7 Å². The molecule has 170 valence electrons. The average molecular weight is 460 g/mol. The van der Waals surface area contributed by atoms with Gasteiger partial charge in [-0.3, -0.25) is 9.36 Å². The molecule has 0 radical (unpaired) electrons. The van der Waals surface area contributed by atoms with Gasteiger partial charge in [0.15, 0.2) is 0 Å². The quantitative estimate of drug-likeness (QED) is 0.413. The molecule has 4 aromatic rings. The summed E-state index contributed by atoms with van der Waals surface area (Å²) in [5, 5.41) is 4.54. The largest absolute Gasteiger partial charge is 0.497 e. The standard InChI is InChI=1S/C27H29N3O2S/c1-32-22-11-5-9-20(15-22)17-28-21-12-13-23-24(16-21)33-26-25(23)27(31)30(18-29-26)14-6-10-19-7-3-2-4-8-19/h2-5,7-9,11,15,18,21,28H,6,10,12-14,16-17H2,1H3/t21-/m0/s1. The normalized spacial score (nSPS) is 15.5. The van der Waals surface area contributed by atoms with Crippen molar-refractivity contribution in [1.82, 2.24) is 14.9 Å². The Bertz CT molecular complexity index is 1300. The Morgan fingerprint density at radius 3 is 2.85 bits per heavy atom. The number of nitrogens with one attached hydrogen (secondary N) is 1. The van der Waals surface area contributed by atoms with Gasteiger partial charge in [-0.15, -0.1) is 11.3 Å². The fraction of sp³-hybridized carbons (Fsp3) is 0.333. The first-order chi connectivity index (χ1) is 16.2. The molecule has 6 heteroatoms. The van der Waals surface area contributed by atoms with Crippen LogP contribution < -0.4 is 15.6 Å². The second kappa shape index (κ2) is 9.89. The molecule has 2 heterocycles. The zero-order valence-electron chi connectivity index (χ0n) is 18.9. The third kappa shape index (κ3) is 4.87. The second-order valence-corrected chi connectivity index (χ2v) is 9.77. The van der Waals surface area contributed by atoms with E-state index in [1.807, 2.05) is 18.2 Å². The van der Waals surface area contributed by atoms with Crippen molar-refractivity contribution in [2.24, 2.45) is 0 Å². The van der Waals surface area contributed by atoms with Gasteiger partial charge in [0.25, 0.3) is 5.56 Å². The van der Waals surface area contributed by atoms with E-state index in [4.69, 9.17) is 4.74 Å². The highest BCUT2D eigenvalue weighted by atomic mass is 32.1. The highest BCUT2D eigenvalue weighted by Gasteiger charge is 2.25. The van der Waals surface area contributed by atoms with Gasteiger partial charge in [-0.25, -0.2) is 4.98 Å². The van der Waals surface area contributed by atoms with Gasteiger partial charge >= 0.3 is 0 Å². The van der Waals surface area contributed by atoms with Crippen LogP contribution in [0.2, 0.25) is 0 Å². The average Bonchev–Trinajstić information content (AvgIpc) is 3.23.